The lowest BCUT2D eigenvalue weighted by molar-refractivity contribution is 0.0696. The van der Waals surface area contributed by atoms with E-state index in [2.05, 4.69) is 0 Å². The van der Waals surface area contributed by atoms with Gasteiger partial charge >= 0.3 is 5.97 Å². The molecule has 2 aromatic rings. The van der Waals surface area contributed by atoms with Crippen LogP contribution in [-0.4, -0.2) is 16.9 Å². The van der Waals surface area contributed by atoms with Crippen LogP contribution in [0.2, 0.25) is 5.02 Å². The van der Waals surface area contributed by atoms with Crippen LogP contribution in [0.25, 0.3) is 0 Å². The number of ketones is 1. The van der Waals surface area contributed by atoms with Crippen LogP contribution >= 0.6 is 11.6 Å². The number of carboxylic acids is 1. The van der Waals surface area contributed by atoms with Gasteiger partial charge in [0, 0.05) is 12.0 Å². The summed E-state index contributed by atoms with van der Waals surface area (Å²) < 4.78 is 13.0. The highest BCUT2D eigenvalue weighted by atomic mass is 35.5. The summed E-state index contributed by atoms with van der Waals surface area (Å²) in [5.74, 6) is -2.01. The van der Waals surface area contributed by atoms with Gasteiger partial charge in [-0.1, -0.05) is 29.8 Å². The molecule has 3 nitrogen and oxygen atoms in total. The maximum Gasteiger partial charge on any atom is 0.335 e. The standard InChI is InChI=1S/C15H10ClFO3/c16-12-7-10(5-6-13(12)17)14(18)8-9-3-1-2-4-11(9)15(19)20/h1-7H,8H2,(H,19,20). The van der Waals surface area contributed by atoms with Crippen LogP contribution in [-0.2, 0) is 6.42 Å². The zero-order valence-electron chi connectivity index (χ0n) is 10.3. The van der Waals surface area contributed by atoms with Crippen LogP contribution in [0, 0.1) is 5.82 Å². The van der Waals surface area contributed by atoms with Crippen LogP contribution in [0.15, 0.2) is 42.5 Å². The summed E-state index contributed by atoms with van der Waals surface area (Å²) in [6, 6.07) is 9.93. The second kappa shape index (κ2) is 5.84. The molecule has 0 saturated heterocycles. The highest BCUT2D eigenvalue weighted by Gasteiger charge is 2.14. The minimum absolute atomic E-state index is 0.0778. The molecule has 0 aliphatic rings. The van der Waals surface area contributed by atoms with Gasteiger partial charge in [-0.2, -0.15) is 0 Å². The van der Waals surface area contributed by atoms with Crippen molar-refractivity contribution in [1.82, 2.24) is 0 Å². The van der Waals surface area contributed by atoms with Gasteiger partial charge in [-0.15, -0.1) is 0 Å². The van der Waals surface area contributed by atoms with Crippen molar-refractivity contribution in [2.24, 2.45) is 0 Å². The molecule has 0 bridgehead atoms. The molecule has 5 heteroatoms. The van der Waals surface area contributed by atoms with Crippen molar-refractivity contribution in [3.05, 3.63) is 70.0 Å². The molecule has 0 atom stereocenters. The van der Waals surface area contributed by atoms with Gasteiger partial charge in [0.15, 0.2) is 5.78 Å². The van der Waals surface area contributed by atoms with E-state index in [-0.39, 0.29) is 28.4 Å². The maximum absolute atomic E-state index is 13.0. The Hall–Kier alpha value is -2.20. The Kier molecular flexibility index (Phi) is 4.15. The molecule has 20 heavy (non-hydrogen) atoms. The molecule has 0 aliphatic heterocycles. The van der Waals surface area contributed by atoms with E-state index in [4.69, 9.17) is 16.7 Å². The van der Waals surface area contributed by atoms with Gasteiger partial charge in [0.05, 0.1) is 10.6 Å². The molecule has 0 aliphatic carbocycles. The molecular weight excluding hydrogens is 283 g/mol. The Bertz CT molecular complexity index is 683. The Morgan fingerprint density at radius 2 is 1.85 bits per heavy atom. The molecule has 0 spiro atoms. The highest BCUT2D eigenvalue weighted by molar-refractivity contribution is 6.31. The van der Waals surface area contributed by atoms with Gasteiger partial charge in [-0.3, -0.25) is 4.79 Å². The van der Waals surface area contributed by atoms with Crippen molar-refractivity contribution in [2.75, 3.05) is 0 Å². The van der Waals surface area contributed by atoms with Crippen molar-refractivity contribution in [3.8, 4) is 0 Å². The zero-order valence-corrected chi connectivity index (χ0v) is 11.0. The molecular formula is C15H10ClFO3. The topological polar surface area (TPSA) is 54.4 Å². The average molecular weight is 293 g/mol. The predicted octanol–water partition coefficient (Wildman–Crippen LogP) is 3.60. The summed E-state index contributed by atoms with van der Waals surface area (Å²) in [5.41, 5.74) is 0.732. The van der Waals surface area contributed by atoms with Crippen LogP contribution in [0.5, 0.6) is 0 Å². The first-order valence-electron chi connectivity index (χ1n) is 5.78. The molecule has 0 unspecified atom stereocenters. The Morgan fingerprint density at radius 1 is 1.15 bits per heavy atom. The summed E-state index contributed by atoms with van der Waals surface area (Å²) in [7, 11) is 0. The SMILES string of the molecule is O=C(Cc1ccccc1C(=O)O)c1ccc(F)c(Cl)c1. The lowest BCUT2D eigenvalue weighted by atomic mass is 9.99. The first-order valence-corrected chi connectivity index (χ1v) is 6.16. The second-order valence-corrected chi connectivity index (χ2v) is 4.60. The fourth-order valence-corrected chi connectivity index (χ4v) is 2.01. The number of carboxylic acid groups (broad SMARTS) is 1. The van der Waals surface area contributed by atoms with Crippen LogP contribution < -0.4 is 0 Å². The van der Waals surface area contributed by atoms with E-state index >= 15 is 0 Å². The number of Topliss-reactive ketones (excluding diaryl/α,β-unsaturated/α-hetero) is 1. The molecule has 0 radical (unpaired) electrons. The second-order valence-electron chi connectivity index (χ2n) is 4.19. The van der Waals surface area contributed by atoms with E-state index in [1.807, 2.05) is 0 Å². The van der Waals surface area contributed by atoms with E-state index in [9.17, 15) is 14.0 Å². The number of carbonyl (C=O) groups is 2. The van der Waals surface area contributed by atoms with Crippen molar-refractivity contribution in [2.45, 2.75) is 6.42 Å². The van der Waals surface area contributed by atoms with Crippen molar-refractivity contribution in [1.29, 1.82) is 0 Å². The van der Waals surface area contributed by atoms with Gasteiger partial charge in [0.25, 0.3) is 0 Å². The fourth-order valence-electron chi connectivity index (χ4n) is 1.83. The minimum Gasteiger partial charge on any atom is -0.478 e. The van der Waals surface area contributed by atoms with E-state index < -0.39 is 11.8 Å². The van der Waals surface area contributed by atoms with Gasteiger partial charge < -0.3 is 5.11 Å². The number of rotatable bonds is 4. The molecule has 102 valence electrons. The molecule has 1 N–H and O–H groups in total. The third-order valence-corrected chi connectivity index (χ3v) is 3.13. The maximum atomic E-state index is 13.0. The van der Waals surface area contributed by atoms with Gasteiger partial charge in [0.1, 0.15) is 5.82 Å². The van der Waals surface area contributed by atoms with Crippen molar-refractivity contribution < 1.29 is 19.1 Å². The monoisotopic (exact) mass is 292 g/mol. The number of halogens is 2. The van der Waals surface area contributed by atoms with E-state index in [0.29, 0.717) is 5.56 Å². The summed E-state index contributed by atoms with van der Waals surface area (Å²) in [6.45, 7) is 0. The quantitative estimate of drug-likeness (QED) is 0.876. The van der Waals surface area contributed by atoms with E-state index in [0.717, 1.165) is 6.07 Å². The smallest absolute Gasteiger partial charge is 0.335 e. The first-order chi connectivity index (χ1) is 9.49. The highest BCUT2D eigenvalue weighted by Crippen LogP contribution is 2.18. The Morgan fingerprint density at radius 3 is 2.50 bits per heavy atom. The van der Waals surface area contributed by atoms with Crippen LogP contribution in [0.3, 0.4) is 0 Å². The number of hydrogen-bond acceptors (Lipinski definition) is 2. The van der Waals surface area contributed by atoms with Gasteiger partial charge in [0.2, 0.25) is 0 Å². The number of hydrogen-bond donors (Lipinski definition) is 1. The lowest BCUT2D eigenvalue weighted by Crippen LogP contribution is -2.09. The third kappa shape index (κ3) is 3.03. The number of carbonyl (C=O) groups excluding carboxylic acids is 1. The van der Waals surface area contributed by atoms with Gasteiger partial charge in [-0.05, 0) is 29.8 Å². The largest absolute Gasteiger partial charge is 0.478 e. The summed E-state index contributed by atoms with van der Waals surface area (Å²) >= 11 is 5.62. The fraction of sp³-hybridized carbons (Fsp3) is 0.0667. The zero-order chi connectivity index (χ0) is 14.7. The minimum atomic E-state index is -1.09. The third-order valence-electron chi connectivity index (χ3n) is 2.84. The molecule has 0 saturated carbocycles. The van der Waals surface area contributed by atoms with E-state index in [1.54, 1.807) is 18.2 Å². The summed E-state index contributed by atoms with van der Waals surface area (Å²) in [4.78, 5) is 23.1. The van der Waals surface area contributed by atoms with E-state index in [1.165, 1.54) is 18.2 Å². The summed E-state index contributed by atoms with van der Waals surface area (Å²) in [6.07, 6.45) is -0.0789. The average Bonchev–Trinajstić information content (AvgIpc) is 2.42. The lowest BCUT2D eigenvalue weighted by Gasteiger charge is -2.06. The number of aromatic carboxylic acids is 1. The molecule has 0 amide bonds. The molecule has 0 fully saturated rings. The van der Waals surface area contributed by atoms with Crippen LogP contribution in [0.4, 0.5) is 4.39 Å². The molecule has 2 rings (SSSR count). The first kappa shape index (κ1) is 14.2. The molecule has 0 heterocycles. The number of benzene rings is 2. The van der Waals surface area contributed by atoms with Gasteiger partial charge in [-0.25, -0.2) is 9.18 Å². The van der Waals surface area contributed by atoms with Crippen molar-refractivity contribution >= 4 is 23.4 Å². The summed E-state index contributed by atoms with van der Waals surface area (Å²) in [5, 5.41) is 8.91. The Balaban J connectivity index is 2.28. The normalized spacial score (nSPS) is 10.3. The van der Waals surface area contributed by atoms with Crippen LogP contribution in [0.1, 0.15) is 26.3 Å². The molecule has 2 aromatic carbocycles. The predicted molar refractivity (Wildman–Crippen MR) is 72.8 cm³/mol. The Labute approximate surface area is 119 Å². The van der Waals surface area contributed by atoms with Crippen molar-refractivity contribution in [3.63, 3.8) is 0 Å². The molecule has 0 aromatic heterocycles.